The molecule has 1 fully saturated rings. The van der Waals surface area contributed by atoms with E-state index in [1.54, 1.807) is 26.0 Å². The average Bonchev–Trinajstić information content (AvgIpc) is 2.85. The molecule has 0 unspecified atom stereocenters. The van der Waals surface area contributed by atoms with Crippen molar-refractivity contribution in [2.24, 2.45) is 22.7 Å². The molecular formula is C14H18O5. The third-order valence-corrected chi connectivity index (χ3v) is 4.58. The van der Waals surface area contributed by atoms with Crippen molar-refractivity contribution in [1.82, 2.24) is 0 Å². The number of rotatable bonds is 2. The van der Waals surface area contributed by atoms with Crippen LogP contribution >= 0.6 is 0 Å². The van der Waals surface area contributed by atoms with E-state index in [9.17, 15) is 14.4 Å². The van der Waals surface area contributed by atoms with Crippen molar-refractivity contribution in [1.29, 1.82) is 0 Å². The molecule has 1 saturated carbocycles. The van der Waals surface area contributed by atoms with Crippen molar-refractivity contribution in [2.45, 2.75) is 20.3 Å². The van der Waals surface area contributed by atoms with Gasteiger partial charge in [-0.05, 0) is 0 Å². The highest BCUT2D eigenvalue weighted by Crippen LogP contribution is 2.60. The van der Waals surface area contributed by atoms with Crippen LogP contribution in [0.2, 0.25) is 0 Å². The van der Waals surface area contributed by atoms with E-state index in [1.165, 1.54) is 14.2 Å². The lowest BCUT2D eigenvalue weighted by Gasteiger charge is -2.33. The van der Waals surface area contributed by atoms with Crippen LogP contribution in [0.1, 0.15) is 20.3 Å². The number of ether oxygens (including phenoxy) is 2. The van der Waals surface area contributed by atoms with Crippen molar-refractivity contribution in [3.63, 3.8) is 0 Å². The maximum atomic E-state index is 12.3. The lowest BCUT2D eigenvalue weighted by atomic mass is 9.68. The molecule has 0 spiro atoms. The number of carbonyl (C=O) groups is 3. The fourth-order valence-corrected chi connectivity index (χ4v) is 3.46. The Morgan fingerprint density at radius 1 is 1.21 bits per heavy atom. The SMILES string of the molecule is COC(=O)[C@H]1C=C[C@@H]2C(C)(C)C(=O)C[C@]12C(=O)OC. The number of hydrogen-bond donors (Lipinski definition) is 0. The first-order valence-corrected chi connectivity index (χ1v) is 6.20. The van der Waals surface area contributed by atoms with Gasteiger partial charge in [-0.15, -0.1) is 0 Å². The molecule has 0 aliphatic heterocycles. The van der Waals surface area contributed by atoms with Crippen LogP contribution in [-0.4, -0.2) is 31.9 Å². The summed E-state index contributed by atoms with van der Waals surface area (Å²) in [5.41, 5.74) is -1.81. The van der Waals surface area contributed by atoms with E-state index >= 15 is 0 Å². The summed E-state index contributed by atoms with van der Waals surface area (Å²) in [6, 6.07) is 0. The van der Waals surface area contributed by atoms with Crippen molar-refractivity contribution in [3.8, 4) is 0 Å². The summed E-state index contributed by atoms with van der Waals surface area (Å²) in [5.74, 6) is -2.13. The zero-order chi connectivity index (χ0) is 14.4. The van der Waals surface area contributed by atoms with Crippen LogP contribution in [-0.2, 0) is 23.9 Å². The van der Waals surface area contributed by atoms with Crippen LogP contribution in [0.25, 0.3) is 0 Å². The molecular weight excluding hydrogens is 248 g/mol. The molecule has 0 aromatic heterocycles. The third-order valence-electron chi connectivity index (χ3n) is 4.58. The molecule has 0 saturated heterocycles. The van der Waals surface area contributed by atoms with Gasteiger partial charge in [0, 0.05) is 17.8 Å². The largest absolute Gasteiger partial charge is 0.469 e. The van der Waals surface area contributed by atoms with Crippen molar-refractivity contribution in [2.75, 3.05) is 14.2 Å². The standard InChI is InChI=1S/C14H18O5/c1-13(2)9-6-5-8(11(16)18-3)14(9,7-10(13)15)12(17)19-4/h5-6,8-9H,7H2,1-4H3/t8-,9-,14+/m1/s1. The Kier molecular flexibility index (Phi) is 3.03. The lowest BCUT2D eigenvalue weighted by Crippen LogP contribution is -2.44. The minimum Gasteiger partial charge on any atom is -0.469 e. The fourth-order valence-electron chi connectivity index (χ4n) is 3.46. The number of allylic oxidation sites excluding steroid dienone is 1. The number of fused-ring (bicyclic) bond motifs is 1. The molecule has 3 atom stereocenters. The zero-order valence-corrected chi connectivity index (χ0v) is 11.6. The number of esters is 2. The van der Waals surface area contributed by atoms with Crippen LogP contribution in [0.3, 0.4) is 0 Å². The van der Waals surface area contributed by atoms with E-state index in [2.05, 4.69) is 0 Å². The molecule has 2 aliphatic carbocycles. The van der Waals surface area contributed by atoms with Crippen molar-refractivity contribution >= 4 is 17.7 Å². The smallest absolute Gasteiger partial charge is 0.314 e. The maximum absolute atomic E-state index is 12.3. The number of hydrogen-bond acceptors (Lipinski definition) is 5. The van der Waals surface area contributed by atoms with Gasteiger partial charge in [0.25, 0.3) is 0 Å². The molecule has 0 aromatic rings. The van der Waals surface area contributed by atoms with E-state index in [0.717, 1.165) is 0 Å². The summed E-state index contributed by atoms with van der Waals surface area (Å²) in [6.07, 6.45) is 3.47. The Bertz CT molecular complexity index is 476. The monoisotopic (exact) mass is 266 g/mol. The second-order valence-corrected chi connectivity index (χ2v) is 5.72. The molecule has 0 heterocycles. The Hall–Kier alpha value is -1.65. The van der Waals surface area contributed by atoms with E-state index in [4.69, 9.17) is 9.47 Å². The van der Waals surface area contributed by atoms with E-state index in [1.807, 2.05) is 0 Å². The molecule has 0 amide bonds. The van der Waals surface area contributed by atoms with Gasteiger partial charge in [-0.25, -0.2) is 0 Å². The van der Waals surface area contributed by atoms with Gasteiger partial charge in [-0.2, -0.15) is 0 Å². The Morgan fingerprint density at radius 2 is 1.84 bits per heavy atom. The Balaban J connectivity index is 2.54. The zero-order valence-electron chi connectivity index (χ0n) is 11.6. The summed E-state index contributed by atoms with van der Waals surface area (Å²) < 4.78 is 9.62. The van der Waals surface area contributed by atoms with Crippen LogP contribution in [0.4, 0.5) is 0 Å². The summed E-state index contributed by atoms with van der Waals surface area (Å²) >= 11 is 0. The molecule has 104 valence electrons. The molecule has 0 N–H and O–H groups in total. The first-order valence-electron chi connectivity index (χ1n) is 6.20. The maximum Gasteiger partial charge on any atom is 0.314 e. The van der Waals surface area contributed by atoms with Crippen molar-refractivity contribution < 1.29 is 23.9 Å². The molecule has 2 rings (SSSR count). The topological polar surface area (TPSA) is 69.7 Å². The first-order chi connectivity index (χ1) is 8.82. The van der Waals surface area contributed by atoms with Gasteiger partial charge >= 0.3 is 11.9 Å². The van der Waals surface area contributed by atoms with Crippen LogP contribution < -0.4 is 0 Å². The van der Waals surface area contributed by atoms with Crippen LogP contribution in [0.5, 0.6) is 0 Å². The van der Waals surface area contributed by atoms with Crippen molar-refractivity contribution in [3.05, 3.63) is 12.2 Å². The fraction of sp³-hybridized carbons (Fsp3) is 0.643. The Labute approximate surface area is 111 Å². The third kappa shape index (κ3) is 1.57. The summed E-state index contributed by atoms with van der Waals surface area (Å²) in [4.78, 5) is 36.4. The quantitative estimate of drug-likeness (QED) is 0.553. The minimum atomic E-state index is -1.14. The predicted molar refractivity (Wildman–Crippen MR) is 66.0 cm³/mol. The average molecular weight is 266 g/mol. The van der Waals surface area contributed by atoms with Gasteiger partial charge in [0.2, 0.25) is 0 Å². The van der Waals surface area contributed by atoms with E-state index in [-0.39, 0.29) is 18.1 Å². The summed E-state index contributed by atoms with van der Waals surface area (Å²) in [7, 11) is 2.55. The minimum absolute atomic E-state index is 0.0180. The van der Waals surface area contributed by atoms with Gasteiger partial charge in [-0.3, -0.25) is 14.4 Å². The first kappa shape index (κ1) is 13.8. The summed E-state index contributed by atoms with van der Waals surface area (Å²) in [6.45, 7) is 3.60. The van der Waals surface area contributed by atoms with Gasteiger partial charge in [0.05, 0.1) is 25.6 Å². The van der Waals surface area contributed by atoms with Crippen LogP contribution in [0, 0.1) is 22.7 Å². The summed E-state index contributed by atoms with van der Waals surface area (Å²) in [5, 5.41) is 0. The van der Waals surface area contributed by atoms with E-state index < -0.39 is 28.7 Å². The molecule has 5 heteroatoms. The molecule has 0 bridgehead atoms. The number of ketones is 1. The highest BCUT2D eigenvalue weighted by molar-refractivity contribution is 5.99. The lowest BCUT2D eigenvalue weighted by molar-refractivity contribution is -0.165. The predicted octanol–water partition coefficient (Wildman–Crippen LogP) is 1.12. The second kappa shape index (κ2) is 4.18. The van der Waals surface area contributed by atoms with Gasteiger partial charge in [0.1, 0.15) is 5.78 Å². The molecule has 19 heavy (non-hydrogen) atoms. The number of Topliss-reactive ketones (excluding diaryl/α,β-unsaturated/α-hetero) is 1. The molecule has 0 radical (unpaired) electrons. The van der Waals surface area contributed by atoms with E-state index in [0.29, 0.717) is 0 Å². The van der Waals surface area contributed by atoms with Gasteiger partial charge in [-0.1, -0.05) is 26.0 Å². The highest BCUT2D eigenvalue weighted by atomic mass is 16.5. The number of carbonyl (C=O) groups excluding carboxylic acids is 3. The van der Waals surface area contributed by atoms with Crippen LogP contribution in [0.15, 0.2) is 12.2 Å². The van der Waals surface area contributed by atoms with Gasteiger partial charge < -0.3 is 9.47 Å². The normalized spacial score (nSPS) is 35.1. The highest BCUT2D eigenvalue weighted by Gasteiger charge is 2.68. The molecule has 0 aromatic carbocycles. The Morgan fingerprint density at radius 3 is 2.37 bits per heavy atom. The van der Waals surface area contributed by atoms with Gasteiger partial charge in [0.15, 0.2) is 0 Å². The molecule has 5 nitrogen and oxygen atoms in total. The second-order valence-electron chi connectivity index (χ2n) is 5.72. The number of methoxy groups -OCH3 is 2. The molecule has 2 aliphatic rings.